The highest BCUT2D eigenvalue weighted by molar-refractivity contribution is 6.20. The molecule has 1 saturated carbocycles. The van der Waals surface area contributed by atoms with Gasteiger partial charge in [0, 0.05) is 29.5 Å². The van der Waals surface area contributed by atoms with Crippen molar-refractivity contribution in [1.29, 1.82) is 0 Å². The van der Waals surface area contributed by atoms with Gasteiger partial charge in [-0.3, -0.25) is 14.4 Å². The predicted molar refractivity (Wildman–Crippen MR) is 155 cm³/mol. The van der Waals surface area contributed by atoms with E-state index in [1.54, 1.807) is 0 Å². The van der Waals surface area contributed by atoms with Crippen molar-refractivity contribution in [2.75, 3.05) is 11.4 Å². The third kappa shape index (κ3) is 6.75. The molecule has 1 aliphatic heterocycles. The Morgan fingerprint density at radius 2 is 1.74 bits per heavy atom. The molecule has 1 unspecified atom stereocenters. The van der Waals surface area contributed by atoms with Gasteiger partial charge in [0.1, 0.15) is 0 Å². The standard InChI is InChI=1S/C32H42N4O3/c1-4-5-16-24(29(33)37)26(19-21(2)3)31(38)35-30-32(39)36(20-22-12-11-13-22)27-18-10-9-17-25(27)28(34-30)23-14-7-6-8-15-23/h6-10,14-15,17-18,21-22,24,26,30H,4-5,11-13,16,19-20H2,1-3H3,(H2,33,37)(H,35,38)/t24-,26+,30?/m0/s1. The number of para-hydroxylation sites is 1. The molecular weight excluding hydrogens is 488 g/mol. The molecule has 7 heteroatoms. The van der Waals surface area contributed by atoms with Crippen LogP contribution in [0, 0.1) is 23.7 Å². The van der Waals surface area contributed by atoms with Gasteiger partial charge in [0.15, 0.2) is 0 Å². The Morgan fingerprint density at radius 1 is 1.05 bits per heavy atom. The van der Waals surface area contributed by atoms with Crippen LogP contribution in [-0.2, 0) is 14.4 Å². The Kier molecular flexibility index (Phi) is 9.54. The highest BCUT2D eigenvalue weighted by Gasteiger charge is 2.38. The molecule has 0 spiro atoms. The van der Waals surface area contributed by atoms with Gasteiger partial charge in [-0.2, -0.15) is 0 Å². The summed E-state index contributed by atoms with van der Waals surface area (Å²) in [6.45, 7) is 6.69. The van der Waals surface area contributed by atoms with E-state index in [0.29, 0.717) is 31.0 Å². The van der Waals surface area contributed by atoms with E-state index >= 15 is 0 Å². The average molecular weight is 531 g/mol. The molecule has 1 heterocycles. The number of nitrogens with one attached hydrogen (secondary N) is 1. The number of hydrogen-bond donors (Lipinski definition) is 2. The van der Waals surface area contributed by atoms with Gasteiger partial charge in [-0.1, -0.05) is 88.6 Å². The van der Waals surface area contributed by atoms with E-state index < -0.39 is 23.9 Å². The molecule has 0 radical (unpaired) electrons. The number of benzene rings is 2. The quantitative estimate of drug-likeness (QED) is 0.400. The van der Waals surface area contributed by atoms with Gasteiger partial charge in [0.05, 0.1) is 11.4 Å². The number of benzodiazepines with no additional fused rings is 1. The fourth-order valence-electron chi connectivity index (χ4n) is 5.64. The number of fused-ring (bicyclic) bond motifs is 1. The van der Waals surface area contributed by atoms with Crippen LogP contribution in [0.1, 0.15) is 76.8 Å². The SMILES string of the molecule is CCCC[C@H](C(N)=O)[C@@H](CC(C)C)C(=O)NC1N=C(c2ccccc2)c2ccccc2N(CC2CCC2)C1=O. The number of carbonyl (C=O) groups is 3. The minimum atomic E-state index is -1.10. The summed E-state index contributed by atoms with van der Waals surface area (Å²) >= 11 is 0. The van der Waals surface area contributed by atoms with Crippen molar-refractivity contribution in [2.45, 2.75) is 71.9 Å². The number of nitrogens with two attached hydrogens (primary N) is 1. The Balaban J connectivity index is 1.74. The topological polar surface area (TPSA) is 105 Å². The van der Waals surface area contributed by atoms with Gasteiger partial charge in [-0.15, -0.1) is 0 Å². The highest BCUT2D eigenvalue weighted by Crippen LogP contribution is 2.34. The van der Waals surface area contributed by atoms with Crippen molar-refractivity contribution in [3.63, 3.8) is 0 Å². The summed E-state index contributed by atoms with van der Waals surface area (Å²) in [5.74, 6) is -1.66. The molecule has 0 aromatic heterocycles. The number of amides is 3. The maximum absolute atomic E-state index is 14.1. The van der Waals surface area contributed by atoms with Gasteiger partial charge in [-0.05, 0) is 43.6 Å². The molecule has 3 atom stereocenters. The number of carbonyl (C=O) groups excluding carboxylic acids is 3. The van der Waals surface area contributed by atoms with Crippen molar-refractivity contribution >= 4 is 29.1 Å². The Morgan fingerprint density at radius 3 is 2.36 bits per heavy atom. The Labute approximate surface area is 232 Å². The van der Waals surface area contributed by atoms with Crippen LogP contribution in [-0.4, -0.2) is 36.1 Å². The van der Waals surface area contributed by atoms with Gasteiger partial charge in [0.25, 0.3) is 5.91 Å². The van der Waals surface area contributed by atoms with Gasteiger partial charge < -0.3 is 16.0 Å². The van der Waals surface area contributed by atoms with Crippen LogP contribution >= 0.6 is 0 Å². The lowest BCUT2D eigenvalue weighted by Crippen LogP contribution is -2.52. The lowest BCUT2D eigenvalue weighted by molar-refractivity contribution is -0.136. The number of hydrogen-bond acceptors (Lipinski definition) is 4. The Hall–Kier alpha value is -3.48. The van der Waals surface area contributed by atoms with E-state index in [0.717, 1.165) is 42.5 Å². The normalized spacial score (nSPS) is 19.0. The number of rotatable bonds is 12. The van der Waals surface area contributed by atoms with E-state index in [2.05, 4.69) is 5.32 Å². The van der Waals surface area contributed by atoms with Crippen molar-refractivity contribution < 1.29 is 14.4 Å². The lowest BCUT2D eigenvalue weighted by atomic mass is 9.81. The third-order valence-corrected chi connectivity index (χ3v) is 7.98. The van der Waals surface area contributed by atoms with Crippen molar-refractivity contribution in [2.24, 2.45) is 34.4 Å². The van der Waals surface area contributed by atoms with E-state index in [-0.39, 0.29) is 17.7 Å². The van der Waals surface area contributed by atoms with Crippen LogP contribution in [0.2, 0.25) is 0 Å². The highest BCUT2D eigenvalue weighted by atomic mass is 16.2. The summed E-state index contributed by atoms with van der Waals surface area (Å²) in [6.07, 6.45) is 5.00. The molecule has 2 aromatic rings. The molecule has 1 aliphatic carbocycles. The number of unbranched alkanes of at least 4 members (excludes halogenated alkanes) is 1. The largest absolute Gasteiger partial charge is 0.369 e. The maximum Gasteiger partial charge on any atom is 0.272 e. The second kappa shape index (κ2) is 13.0. The first-order chi connectivity index (χ1) is 18.8. The average Bonchev–Trinajstić information content (AvgIpc) is 3.00. The summed E-state index contributed by atoms with van der Waals surface area (Å²) in [5.41, 5.74) is 9.03. The summed E-state index contributed by atoms with van der Waals surface area (Å²) < 4.78 is 0. The van der Waals surface area contributed by atoms with Gasteiger partial charge in [0.2, 0.25) is 18.0 Å². The fourth-order valence-corrected chi connectivity index (χ4v) is 5.64. The summed E-state index contributed by atoms with van der Waals surface area (Å²) in [7, 11) is 0. The molecular formula is C32H42N4O3. The van der Waals surface area contributed by atoms with E-state index in [1.807, 2.05) is 80.3 Å². The zero-order valence-electron chi connectivity index (χ0n) is 23.4. The van der Waals surface area contributed by atoms with Crippen molar-refractivity contribution in [1.82, 2.24) is 5.32 Å². The van der Waals surface area contributed by atoms with Crippen LogP contribution in [0.5, 0.6) is 0 Å². The van der Waals surface area contributed by atoms with Crippen LogP contribution in [0.4, 0.5) is 5.69 Å². The monoisotopic (exact) mass is 530 g/mol. The Bertz CT molecular complexity index is 1190. The zero-order chi connectivity index (χ0) is 27.9. The molecule has 0 bridgehead atoms. The molecule has 3 N–H and O–H groups in total. The molecule has 7 nitrogen and oxygen atoms in total. The van der Waals surface area contributed by atoms with Gasteiger partial charge >= 0.3 is 0 Å². The maximum atomic E-state index is 14.1. The smallest absolute Gasteiger partial charge is 0.272 e. The van der Waals surface area contributed by atoms with Crippen LogP contribution in [0.15, 0.2) is 59.6 Å². The van der Waals surface area contributed by atoms with Gasteiger partial charge in [-0.25, -0.2) is 4.99 Å². The summed E-state index contributed by atoms with van der Waals surface area (Å²) in [6, 6.07) is 17.6. The van der Waals surface area contributed by atoms with Crippen LogP contribution < -0.4 is 16.0 Å². The molecule has 39 heavy (non-hydrogen) atoms. The van der Waals surface area contributed by atoms with E-state index in [4.69, 9.17) is 10.7 Å². The number of aliphatic imine (C=N–C) groups is 1. The molecule has 2 aliphatic rings. The minimum Gasteiger partial charge on any atom is -0.369 e. The number of nitrogens with zero attached hydrogens (tertiary/aromatic N) is 2. The summed E-state index contributed by atoms with van der Waals surface area (Å²) in [4.78, 5) is 47.2. The zero-order valence-corrected chi connectivity index (χ0v) is 23.4. The molecule has 2 aromatic carbocycles. The molecule has 4 rings (SSSR count). The summed E-state index contributed by atoms with van der Waals surface area (Å²) in [5, 5.41) is 2.97. The van der Waals surface area contributed by atoms with Crippen LogP contribution in [0.3, 0.4) is 0 Å². The molecule has 208 valence electrons. The first-order valence-corrected chi connectivity index (χ1v) is 14.4. The fraction of sp³-hybridized carbons (Fsp3) is 0.500. The number of anilines is 1. The van der Waals surface area contributed by atoms with Crippen LogP contribution in [0.25, 0.3) is 0 Å². The molecule has 1 fully saturated rings. The predicted octanol–water partition coefficient (Wildman–Crippen LogP) is 5.07. The number of primary amides is 1. The second-order valence-corrected chi connectivity index (χ2v) is 11.4. The first kappa shape index (κ1) is 28.5. The minimum absolute atomic E-state index is 0.178. The van der Waals surface area contributed by atoms with E-state index in [1.165, 1.54) is 6.42 Å². The first-order valence-electron chi connectivity index (χ1n) is 14.4. The van der Waals surface area contributed by atoms with Crippen molar-refractivity contribution in [3.05, 3.63) is 65.7 Å². The van der Waals surface area contributed by atoms with E-state index in [9.17, 15) is 14.4 Å². The second-order valence-electron chi connectivity index (χ2n) is 11.4. The molecule has 0 saturated heterocycles. The van der Waals surface area contributed by atoms with Crippen molar-refractivity contribution in [3.8, 4) is 0 Å². The lowest BCUT2D eigenvalue weighted by Gasteiger charge is -2.34. The third-order valence-electron chi connectivity index (χ3n) is 7.98. The molecule has 3 amide bonds.